The van der Waals surface area contributed by atoms with Crippen LogP contribution in [-0.4, -0.2) is 59.3 Å². The van der Waals surface area contributed by atoms with Crippen LogP contribution < -0.4 is 0 Å². The standard InChI is InChI=1S/C18H26FN3O4S/c1-18(2,3)26-17(23)21-10-8-12(9-11-21)22-15-13(19)6-5-7-14(15)20-16(22)27(4,24)25/h5-7,12,17,23H,8-11H2,1-4H3. The summed E-state index contributed by atoms with van der Waals surface area (Å²) in [5.41, 5.74) is 0.0560. The largest absolute Gasteiger partial charge is 0.356 e. The number of piperidine rings is 1. The van der Waals surface area contributed by atoms with E-state index in [1.807, 2.05) is 20.8 Å². The number of aliphatic hydroxyl groups is 1. The van der Waals surface area contributed by atoms with Gasteiger partial charge in [-0.1, -0.05) is 6.07 Å². The molecule has 1 aliphatic heterocycles. The lowest BCUT2D eigenvalue weighted by atomic mass is 10.0. The number of nitrogens with zero attached hydrogens (tertiary/aromatic N) is 3. The molecule has 0 spiro atoms. The van der Waals surface area contributed by atoms with Crippen LogP contribution in [0, 0.1) is 5.82 Å². The fourth-order valence-corrected chi connectivity index (χ4v) is 4.30. The lowest BCUT2D eigenvalue weighted by molar-refractivity contribution is -0.243. The van der Waals surface area contributed by atoms with Crippen molar-refractivity contribution >= 4 is 20.9 Å². The zero-order valence-corrected chi connectivity index (χ0v) is 16.8. The lowest BCUT2D eigenvalue weighted by Crippen LogP contribution is -2.46. The highest BCUT2D eigenvalue weighted by Gasteiger charge is 2.32. The molecular weight excluding hydrogens is 373 g/mol. The maximum absolute atomic E-state index is 14.5. The van der Waals surface area contributed by atoms with Gasteiger partial charge in [0.1, 0.15) is 11.3 Å². The molecule has 1 unspecified atom stereocenters. The van der Waals surface area contributed by atoms with Crippen molar-refractivity contribution in [1.82, 2.24) is 14.5 Å². The van der Waals surface area contributed by atoms with Gasteiger partial charge in [0.15, 0.2) is 0 Å². The minimum atomic E-state index is -3.62. The fraction of sp³-hybridized carbons (Fsp3) is 0.611. The number of sulfone groups is 1. The van der Waals surface area contributed by atoms with Gasteiger partial charge in [-0.05, 0) is 45.7 Å². The molecule has 9 heteroatoms. The summed E-state index contributed by atoms with van der Waals surface area (Å²) >= 11 is 0. The summed E-state index contributed by atoms with van der Waals surface area (Å²) in [6.45, 7) is 6.59. The summed E-state index contributed by atoms with van der Waals surface area (Å²) in [5.74, 6) is -0.492. The van der Waals surface area contributed by atoms with Gasteiger partial charge in [-0.15, -0.1) is 0 Å². The SMILES string of the molecule is CC(C)(C)OC(O)N1CCC(n2c(S(C)(=O)=O)nc3cccc(F)c32)CC1. The summed E-state index contributed by atoms with van der Waals surface area (Å²) in [5, 5.41) is 10.1. The Morgan fingerprint density at radius 3 is 2.48 bits per heavy atom. The van der Waals surface area contributed by atoms with E-state index in [0.29, 0.717) is 31.4 Å². The highest BCUT2D eigenvalue weighted by molar-refractivity contribution is 7.90. The molecule has 1 atom stereocenters. The first-order chi connectivity index (χ1) is 12.5. The van der Waals surface area contributed by atoms with Gasteiger partial charge in [0.25, 0.3) is 0 Å². The van der Waals surface area contributed by atoms with E-state index in [0.717, 1.165) is 6.26 Å². The van der Waals surface area contributed by atoms with E-state index in [2.05, 4.69) is 4.98 Å². The summed E-state index contributed by atoms with van der Waals surface area (Å²) in [6.07, 6.45) is 1.15. The van der Waals surface area contributed by atoms with Gasteiger partial charge < -0.3 is 14.4 Å². The van der Waals surface area contributed by atoms with Crippen molar-refractivity contribution in [2.75, 3.05) is 19.3 Å². The van der Waals surface area contributed by atoms with Gasteiger partial charge in [0.05, 0.1) is 11.1 Å². The predicted octanol–water partition coefficient (Wildman–Crippen LogP) is 2.31. The molecule has 0 radical (unpaired) electrons. The summed E-state index contributed by atoms with van der Waals surface area (Å²) < 4.78 is 46.0. The van der Waals surface area contributed by atoms with Gasteiger partial charge in [0.2, 0.25) is 21.4 Å². The Morgan fingerprint density at radius 1 is 1.30 bits per heavy atom. The normalized spacial score (nSPS) is 18.9. The minimum Gasteiger partial charge on any atom is -0.356 e. The molecule has 1 aliphatic rings. The first kappa shape index (κ1) is 20.2. The Bertz CT molecular complexity index is 928. The average molecular weight is 399 g/mol. The quantitative estimate of drug-likeness (QED) is 0.795. The third-order valence-corrected chi connectivity index (χ3v) is 5.55. The molecule has 0 amide bonds. The summed E-state index contributed by atoms with van der Waals surface area (Å²) in [4.78, 5) is 5.96. The van der Waals surface area contributed by atoms with E-state index < -0.39 is 27.7 Å². The highest BCUT2D eigenvalue weighted by atomic mass is 32.2. The summed E-state index contributed by atoms with van der Waals surface area (Å²) in [7, 11) is -3.62. The number of imidazole rings is 1. The number of hydrogen-bond donors (Lipinski definition) is 1. The molecule has 0 bridgehead atoms. The Morgan fingerprint density at radius 2 is 1.93 bits per heavy atom. The number of hydrogen-bond acceptors (Lipinski definition) is 6. The van der Waals surface area contributed by atoms with E-state index in [1.165, 1.54) is 16.7 Å². The number of benzene rings is 1. The van der Waals surface area contributed by atoms with Gasteiger partial charge in [0, 0.05) is 25.4 Å². The van der Waals surface area contributed by atoms with Gasteiger partial charge >= 0.3 is 0 Å². The molecule has 1 aromatic carbocycles. The van der Waals surface area contributed by atoms with Crippen LogP contribution in [0.3, 0.4) is 0 Å². The maximum atomic E-state index is 14.5. The Hall–Kier alpha value is -1.55. The van der Waals surface area contributed by atoms with Crippen molar-refractivity contribution in [3.8, 4) is 0 Å². The number of rotatable bonds is 4. The van der Waals surface area contributed by atoms with Crippen molar-refractivity contribution < 1.29 is 22.7 Å². The fourth-order valence-electron chi connectivity index (χ4n) is 3.44. The minimum absolute atomic E-state index is 0.118. The summed E-state index contributed by atoms with van der Waals surface area (Å²) in [6, 6.07) is 4.21. The maximum Gasteiger partial charge on any atom is 0.228 e. The number of aliphatic hydroxyl groups excluding tert-OH is 1. The van der Waals surface area contributed by atoms with Crippen molar-refractivity contribution in [3.63, 3.8) is 0 Å². The zero-order valence-electron chi connectivity index (χ0n) is 16.0. The number of halogens is 1. The second kappa shape index (κ2) is 7.12. The zero-order chi connectivity index (χ0) is 20.0. The van der Waals surface area contributed by atoms with Crippen molar-refractivity contribution in [3.05, 3.63) is 24.0 Å². The van der Waals surface area contributed by atoms with E-state index in [-0.39, 0.29) is 16.7 Å². The Kier molecular flexibility index (Phi) is 5.33. The highest BCUT2D eigenvalue weighted by Crippen LogP contribution is 2.32. The molecule has 0 aliphatic carbocycles. The van der Waals surface area contributed by atoms with Crippen LogP contribution in [-0.2, 0) is 14.6 Å². The van der Waals surface area contributed by atoms with Crippen molar-refractivity contribution in [2.45, 2.75) is 56.8 Å². The van der Waals surface area contributed by atoms with Crippen LogP contribution in [0.4, 0.5) is 4.39 Å². The average Bonchev–Trinajstić information content (AvgIpc) is 2.94. The van der Waals surface area contributed by atoms with Crippen molar-refractivity contribution in [1.29, 1.82) is 0 Å². The molecule has 2 aromatic rings. The smallest absolute Gasteiger partial charge is 0.228 e. The van der Waals surface area contributed by atoms with Crippen LogP contribution >= 0.6 is 0 Å². The molecule has 27 heavy (non-hydrogen) atoms. The molecule has 7 nitrogen and oxygen atoms in total. The Labute approximate surface area is 158 Å². The monoisotopic (exact) mass is 399 g/mol. The number of para-hydroxylation sites is 1. The predicted molar refractivity (Wildman–Crippen MR) is 99.5 cm³/mol. The molecule has 1 saturated heterocycles. The van der Waals surface area contributed by atoms with E-state index in [9.17, 15) is 17.9 Å². The Balaban J connectivity index is 1.89. The number of fused-ring (bicyclic) bond motifs is 1. The van der Waals surface area contributed by atoms with E-state index >= 15 is 0 Å². The van der Waals surface area contributed by atoms with Gasteiger partial charge in [-0.25, -0.2) is 17.8 Å². The second-order valence-corrected chi connectivity index (χ2v) is 9.88. The lowest BCUT2D eigenvalue weighted by Gasteiger charge is -2.37. The van der Waals surface area contributed by atoms with Crippen LogP contribution in [0.25, 0.3) is 11.0 Å². The van der Waals surface area contributed by atoms with Gasteiger partial charge in [-0.3, -0.25) is 4.90 Å². The third-order valence-electron chi connectivity index (χ3n) is 4.60. The molecule has 150 valence electrons. The number of aromatic nitrogens is 2. The second-order valence-electron chi connectivity index (χ2n) is 7.97. The molecule has 0 saturated carbocycles. The first-order valence-electron chi connectivity index (χ1n) is 8.94. The van der Waals surface area contributed by atoms with Crippen molar-refractivity contribution in [2.24, 2.45) is 0 Å². The van der Waals surface area contributed by atoms with E-state index in [4.69, 9.17) is 4.74 Å². The van der Waals surface area contributed by atoms with Crippen LogP contribution in [0.1, 0.15) is 39.7 Å². The van der Waals surface area contributed by atoms with E-state index in [1.54, 1.807) is 11.0 Å². The molecule has 1 fully saturated rings. The molecule has 1 N–H and O–H groups in total. The third kappa shape index (κ3) is 4.31. The number of likely N-dealkylation sites (tertiary alicyclic amines) is 1. The molecule has 1 aromatic heterocycles. The van der Waals surface area contributed by atoms with Crippen LogP contribution in [0.5, 0.6) is 0 Å². The molecule has 3 rings (SSSR count). The topological polar surface area (TPSA) is 84.7 Å². The molecular formula is C18H26FN3O4S. The van der Waals surface area contributed by atoms with Crippen LogP contribution in [0.2, 0.25) is 0 Å². The first-order valence-corrected chi connectivity index (χ1v) is 10.8. The van der Waals surface area contributed by atoms with Gasteiger partial charge in [-0.2, -0.15) is 0 Å². The molecule has 2 heterocycles. The van der Waals surface area contributed by atoms with Crippen LogP contribution in [0.15, 0.2) is 23.4 Å². The number of ether oxygens (including phenoxy) is 1.